The number of hydrogen-bond donors (Lipinski definition) is 0. The molecule has 6 heteroatoms. The lowest BCUT2D eigenvalue weighted by atomic mass is 9.91. The number of aromatic nitrogens is 6. The van der Waals surface area contributed by atoms with E-state index < -0.39 is 0 Å². The van der Waals surface area contributed by atoms with E-state index >= 15 is 0 Å². The summed E-state index contributed by atoms with van der Waals surface area (Å²) in [6.07, 6.45) is 9.07. The topological polar surface area (TPSA) is 53.5 Å². The summed E-state index contributed by atoms with van der Waals surface area (Å²) in [5.74, 6) is 1.75. The zero-order valence-electron chi connectivity index (χ0n) is 54.1. The summed E-state index contributed by atoms with van der Waals surface area (Å²) in [4.78, 5) is 16.2. The summed E-state index contributed by atoms with van der Waals surface area (Å²) in [5, 5.41) is 7.07. The van der Waals surface area contributed by atoms with Gasteiger partial charge in [0.1, 0.15) is 0 Å². The van der Waals surface area contributed by atoms with E-state index in [0.29, 0.717) is 17.5 Å². The van der Waals surface area contributed by atoms with Crippen LogP contribution in [0.4, 0.5) is 0 Å². The molecule has 19 rings (SSSR count). The fourth-order valence-corrected chi connectivity index (χ4v) is 15.3. The molecule has 0 N–H and O–H groups in total. The van der Waals surface area contributed by atoms with Gasteiger partial charge in [0, 0.05) is 71.3 Å². The molecule has 0 unspecified atom stereocenters. The van der Waals surface area contributed by atoms with Gasteiger partial charge in [-0.25, -0.2) is 15.0 Å². The minimum Gasteiger partial charge on any atom is -0.309 e. The highest BCUT2D eigenvalue weighted by Crippen LogP contribution is 2.49. The zero-order chi connectivity index (χ0) is 65.3. The van der Waals surface area contributed by atoms with Crippen LogP contribution >= 0.6 is 0 Å². The lowest BCUT2D eigenvalue weighted by Crippen LogP contribution is -2.05. The maximum Gasteiger partial charge on any atom is 0.164 e. The van der Waals surface area contributed by atoms with Crippen LogP contribution in [-0.4, -0.2) is 28.7 Å². The Morgan fingerprint density at radius 2 is 0.545 bits per heavy atom. The standard InChI is InChI=1S/C93H62N6/c1-7-27-61(28-8-1)63-47-51-67(52-48-63)78-55-71(93-95-91(69-35-15-5-16-36-69)94-92(96-93)70-37-17-6-18-38-70)56-79(68-53-49-64(50-54-68)62-29-9-2-10-30-62)90(78)99-88-59-86(97-82-43-23-19-39-72(82)73-40-20-24-44-83(73)97)76(65-31-11-3-12-32-65)57-80(88)81-58-77(66-33-13-4-14-34-66)87(60-89(81)99)98-84-45-25-21-41-74(84)75-42-22-26-46-85(75)98/h1-3,5-13,15-60H,4,14H2. The number of allylic oxidation sites excluding steroid dienone is 4. The largest absolute Gasteiger partial charge is 0.309 e. The SMILES string of the molecule is C1=CC(c2cc3c4cc(-c5ccccc5)c(-n5c6ccccc6c6ccccc65)cc4n(-c4c(-c5ccc(-c6ccccc6)cc5)cc(-c5nc(-c6ccccc6)nc(-c6ccccc6)n5)cc4-c4ccc(-c5ccccc5)cc4)c3cc2-n2c3ccccc3c3ccccc32)=CCC1. The van der Waals surface area contributed by atoms with Crippen LogP contribution in [0.15, 0.2) is 352 Å². The molecular weight excluding hydrogens is 1200 g/mol. The van der Waals surface area contributed by atoms with E-state index in [1.807, 2.05) is 36.4 Å². The highest BCUT2D eigenvalue weighted by atomic mass is 15.1. The van der Waals surface area contributed by atoms with E-state index in [4.69, 9.17) is 15.0 Å². The van der Waals surface area contributed by atoms with Crippen molar-refractivity contribution in [2.75, 3.05) is 0 Å². The van der Waals surface area contributed by atoms with Crippen molar-refractivity contribution in [1.82, 2.24) is 28.7 Å². The van der Waals surface area contributed by atoms with Crippen molar-refractivity contribution in [2.45, 2.75) is 12.8 Å². The highest BCUT2D eigenvalue weighted by molar-refractivity contribution is 6.17. The lowest BCUT2D eigenvalue weighted by Gasteiger charge is -2.23. The minimum atomic E-state index is 0.564. The van der Waals surface area contributed by atoms with Crippen LogP contribution in [0.5, 0.6) is 0 Å². The van der Waals surface area contributed by atoms with Crippen molar-refractivity contribution < 1.29 is 0 Å². The molecule has 464 valence electrons. The summed E-state index contributed by atoms with van der Waals surface area (Å²) < 4.78 is 7.65. The summed E-state index contributed by atoms with van der Waals surface area (Å²) in [7, 11) is 0. The van der Waals surface area contributed by atoms with Gasteiger partial charge in [-0.05, 0) is 118 Å². The van der Waals surface area contributed by atoms with E-state index in [-0.39, 0.29) is 0 Å². The first kappa shape index (κ1) is 57.4. The molecule has 14 aromatic carbocycles. The Kier molecular flexibility index (Phi) is 13.9. The quantitative estimate of drug-likeness (QED) is 0.122. The van der Waals surface area contributed by atoms with Crippen molar-refractivity contribution in [3.05, 3.63) is 357 Å². The maximum absolute atomic E-state index is 5.50. The lowest BCUT2D eigenvalue weighted by molar-refractivity contribution is 1.04. The van der Waals surface area contributed by atoms with Gasteiger partial charge < -0.3 is 13.7 Å². The van der Waals surface area contributed by atoms with Crippen molar-refractivity contribution >= 4 is 71.0 Å². The molecule has 0 fully saturated rings. The van der Waals surface area contributed by atoms with E-state index in [1.54, 1.807) is 0 Å². The number of nitrogens with zero attached hydrogens (tertiary/aromatic N) is 6. The first-order valence-electron chi connectivity index (χ1n) is 34.1. The molecule has 0 aliphatic heterocycles. The molecule has 1 aliphatic rings. The Bertz CT molecular complexity index is 5950. The van der Waals surface area contributed by atoms with Crippen LogP contribution in [0.2, 0.25) is 0 Å². The molecule has 0 bridgehead atoms. The Labute approximate surface area is 573 Å². The average Bonchev–Trinajstić information content (AvgIpc) is 1.56. The third kappa shape index (κ3) is 9.91. The predicted octanol–water partition coefficient (Wildman–Crippen LogP) is 24.2. The van der Waals surface area contributed by atoms with Gasteiger partial charge >= 0.3 is 0 Å². The van der Waals surface area contributed by atoms with Crippen LogP contribution in [0.3, 0.4) is 0 Å². The summed E-state index contributed by atoms with van der Waals surface area (Å²) >= 11 is 0. The first-order chi connectivity index (χ1) is 49.1. The number of para-hydroxylation sites is 4. The van der Waals surface area contributed by atoms with Gasteiger partial charge in [0.05, 0.1) is 50.2 Å². The Morgan fingerprint density at radius 1 is 0.222 bits per heavy atom. The van der Waals surface area contributed by atoms with Crippen molar-refractivity contribution in [3.63, 3.8) is 0 Å². The van der Waals surface area contributed by atoms with Crippen LogP contribution in [0.1, 0.15) is 18.4 Å². The first-order valence-corrected chi connectivity index (χ1v) is 34.1. The van der Waals surface area contributed by atoms with Gasteiger partial charge in [-0.3, -0.25) is 0 Å². The molecule has 1 aliphatic carbocycles. The van der Waals surface area contributed by atoms with Crippen molar-refractivity contribution in [3.8, 4) is 107 Å². The average molecular weight is 1260 g/mol. The number of hydrogen-bond acceptors (Lipinski definition) is 3. The Morgan fingerprint density at radius 3 is 0.949 bits per heavy atom. The molecule has 0 spiro atoms. The molecule has 6 nitrogen and oxygen atoms in total. The predicted molar refractivity (Wildman–Crippen MR) is 413 cm³/mol. The van der Waals surface area contributed by atoms with Crippen LogP contribution in [-0.2, 0) is 0 Å². The van der Waals surface area contributed by atoms with Crippen LogP contribution in [0, 0.1) is 0 Å². The van der Waals surface area contributed by atoms with Gasteiger partial charge in [-0.2, -0.15) is 0 Å². The minimum absolute atomic E-state index is 0.564. The third-order valence-electron chi connectivity index (χ3n) is 19.9. The van der Waals surface area contributed by atoms with Crippen molar-refractivity contribution in [2.24, 2.45) is 0 Å². The number of fused-ring (bicyclic) bond motifs is 9. The summed E-state index contributed by atoms with van der Waals surface area (Å²) in [6, 6.07) is 122. The fourth-order valence-electron chi connectivity index (χ4n) is 15.3. The molecule has 0 saturated carbocycles. The molecule has 0 amide bonds. The Balaban J connectivity index is 1.01. The van der Waals surface area contributed by atoms with Gasteiger partial charge in [-0.1, -0.05) is 291 Å². The van der Waals surface area contributed by atoms with Gasteiger partial charge in [0.2, 0.25) is 0 Å². The number of benzene rings is 14. The zero-order valence-corrected chi connectivity index (χ0v) is 54.1. The van der Waals surface area contributed by atoms with E-state index in [9.17, 15) is 0 Å². The molecule has 18 aromatic rings. The van der Waals surface area contributed by atoms with Crippen molar-refractivity contribution in [1.29, 1.82) is 0 Å². The molecule has 4 aromatic heterocycles. The molecule has 0 atom stereocenters. The summed E-state index contributed by atoms with van der Waals surface area (Å²) in [5.41, 5.74) is 25.7. The monoisotopic (exact) mass is 1260 g/mol. The molecule has 4 heterocycles. The molecule has 0 radical (unpaired) electrons. The summed E-state index contributed by atoms with van der Waals surface area (Å²) in [6.45, 7) is 0. The van der Waals surface area contributed by atoms with Crippen LogP contribution < -0.4 is 0 Å². The molecular formula is C93H62N6. The second-order valence-electron chi connectivity index (χ2n) is 25.7. The second kappa shape index (κ2) is 24.0. The van der Waals surface area contributed by atoms with E-state index in [2.05, 4.69) is 329 Å². The van der Waals surface area contributed by atoms with Gasteiger partial charge in [-0.15, -0.1) is 0 Å². The van der Waals surface area contributed by atoms with Gasteiger partial charge in [0.15, 0.2) is 17.5 Å². The fraction of sp³-hybridized carbons (Fsp3) is 0.0215. The molecule has 0 saturated heterocycles. The Hall–Kier alpha value is -13.0. The third-order valence-corrected chi connectivity index (χ3v) is 19.9. The van der Waals surface area contributed by atoms with Crippen LogP contribution in [0.25, 0.3) is 178 Å². The second-order valence-corrected chi connectivity index (χ2v) is 25.7. The van der Waals surface area contributed by atoms with E-state index in [1.165, 1.54) is 32.7 Å². The highest BCUT2D eigenvalue weighted by Gasteiger charge is 2.29. The molecule has 99 heavy (non-hydrogen) atoms. The number of rotatable bonds is 12. The smallest absolute Gasteiger partial charge is 0.164 e. The van der Waals surface area contributed by atoms with E-state index in [0.717, 1.165) is 146 Å². The van der Waals surface area contributed by atoms with Gasteiger partial charge in [0.25, 0.3) is 0 Å². The normalized spacial score (nSPS) is 12.4. The maximum atomic E-state index is 5.50.